The number of nitrogens with zero attached hydrogens (tertiary/aromatic N) is 2. The van der Waals surface area contributed by atoms with Gasteiger partial charge < -0.3 is 4.89 Å². The van der Waals surface area contributed by atoms with Crippen LogP contribution in [0.3, 0.4) is 0 Å². The lowest BCUT2D eigenvalue weighted by atomic mass is 9.87. The predicted octanol–water partition coefficient (Wildman–Crippen LogP) is 4.76. The van der Waals surface area contributed by atoms with Crippen LogP contribution in [0.4, 0.5) is 5.69 Å². The lowest BCUT2D eigenvalue weighted by Crippen LogP contribution is -2.17. The van der Waals surface area contributed by atoms with Gasteiger partial charge in [-0.25, -0.2) is 13.4 Å². The number of hydrogen-bond donors (Lipinski definition) is 1. The maximum Gasteiger partial charge on any atom is 0.261 e. The summed E-state index contributed by atoms with van der Waals surface area (Å²) in [6.45, 7) is 6.43. The average Bonchev–Trinajstić information content (AvgIpc) is 2.77. The third-order valence-electron chi connectivity index (χ3n) is 4.20. The van der Waals surface area contributed by atoms with Crippen molar-refractivity contribution in [2.75, 3.05) is 21.2 Å². The molecule has 9 nitrogen and oxygen atoms in total. The molecule has 0 unspecified atom stereocenters. The first kappa shape index (κ1) is 27.6. The third kappa shape index (κ3) is 8.96. The Morgan fingerprint density at radius 2 is 1.82 bits per heavy atom. The summed E-state index contributed by atoms with van der Waals surface area (Å²) in [6, 6.07) is 12.3. The van der Waals surface area contributed by atoms with Gasteiger partial charge in [-0.2, -0.15) is 9.95 Å². The molecule has 0 fully saturated rings. The summed E-state index contributed by atoms with van der Waals surface area (Å²) in [7, 11) is 0.740. The third-order valence-corrected chi connectivity index (χ3v) is 6.14. The summed E-state index contributed by atoms with van der Waals surface area (Å²) in [5, 5.41) is 1.33. The molecule has 11 heteroatoms. The molecule has 0 amide bonds. The van der Waals surface area contributed by atoms with Crippen LogP contribution in [0.2, 0.25) is 0 Å². The number of benzene rings is 2. The predicted molar refractivity (Wildman–Crippen MR) is 132 cm³/mol. The van der Waals surface area contributed by atoms with Crippen molar-refractivity contribution in [1.82, 2.24) is 9.79 Å². The lowest BCUT2D eigenvalue weighted by Gasteiger charge is -2.18. The summed E-state index contributed by atoms with van der Waals surface area (Å²) in [5.41, 5.74) is 5.41. The second kappa shape index (κ2) is 12.7. The molecule has 1 N–H and O–H groups in total. The van der Waals surface area contributed by atoms with Gasteiger partial charge in [0.25, 0.3) is 10.0 Å². The van der Waals surface area contributed by atoms with Crippen LogP contribution in [-0.4, -0.2) is 41.1 Å². The van der Waals surface area contributed by atoms with Crippen LogP contribution in [0.5, 0.6) is 0 Å². The smallest absolute Gasteiger partial charge is 0.261 e. The highest BCUT2D eigenvalue weighted by molar-refractivity contribution is 7.94. The van der Waals surface area contributed by atoms with E-state index in [1.165, 1.54) is 42.1 Å². The Bertz CT molecular complexity index is 1130. The fourth-order valence-corrected chi connectivity index (χ4v) is 4.03. The fourth-order valence-electron chi connectivity index (χ4n) is 2.47. The van der Waals surface area contributed by atoms with E-state index >= 15 is 0 Å². The largest absolute Gasteiger partial charge is 0.325 e. The van der Waals surface area contributed by atoms with E-state index in [-0.39, 0.29) is 10.3 Å². The molecule has 34 heavy (non-hydrogen) atoms. The zero-order valence-electron chi connectivity index (χ0n) is 19.9. The summed E-state index contributed by atoms with van der Waals surface area (Å²) in [6.07, 6.45) is 4.00. The molecule has 0 spiro atoms. The zero-order chi connectivity index (χ0) is 25.2. The zero-order valence-corrected chi connectivity index (χ0v) is 21.6. The Kier molecular flexibility index (Phi) is 10.3. The summed E-state index contributed by atoms with van der Waals surface area (Å²) in [4.78, 5) is 18.4. The van der Waals surface area contributed by atoms with Crippen molar-refractivity contribution >= 4 is 40.2 Å². The number of hydrogen-bond acceptors (Lipinski definition) is 9. The van der Waals surface area contributed by atoms with Crippen molar-refractivity contribution in [3.8, 4) is 0 Å². The van der Waals surface area contributed by atoms with Crippen LogP contribution in [0.1, 0.15) is 31.9 Å². The van der Waals surface area contributed by atoms with Gasteiger partial charge in [-0.3, -0.25) is 4.72 Å². The van der Waals surface area contributed by atoms with Gasteiger partial charge in [-0.1, -0.05) is 45.0 Å². The molecule has 2 rings (SSSR count). The van der Waals surface area contributed by atoms with E-state index in [0.717, 1.165) is 24.0 Å². The number of nitrogens with one attached hydrogen (secondary N) is 1. The van der Waals surface area contributed by atoms with Crippen LogP contribution in [0, 0.1) is 0 Å². The first-order chi connectivity index (χ1) is 16.0. The molecule has 0 radical (unpaired) electrons. The van der Waals surface area contributed by atoms with Crippen molar-refractivity contribution in [1.29, 1.82) is 0 Å². The molecular formula is C23H29N3O6S2. The SMILES string of the molecule is COOC=Nc1ccc(S(=O)(=O)NC=C=Cc2ccc(C(C)(C)C)cc2)cc1SOON(C)C. The Labute approximate surface area is 205 Å². The van der Waals surface area contributed by atoms with Crippen molar-refractivity contribution in [2.45, 2.75) is 36.0 Å². The van der Waals surface area contributed by atoms with Crippen molar-refractivity contribution in [2.24, 2.45) is 4.99 Å². The topological polar surface area (TPSA) is 98.7 Å². The molecule has 0 saturated carbocycles. The molecule has 0 aliphatic carbocycles. The van der Waals surface area contributed by atoms with E-state index in [1.54, 1.807) is 20.2 Å². The maximum atomic E-state index is 12.7. The normalized spacial score (nSPS) is 12.0. The van der Waals surface area contributed by atoms with Gasteiger partial charge in [-0.05, 0) is 40.8 Å². The highest BCUT2D eigenvalue weighted by atomic mass is 32.2. The van der Waals surface area contributed by atoms with Crippen molar-refractivity contribution in [3.63, 3.8) is 0 Å². The molecule has 2 aromatic carbocycles. The second-order valence-electron chi connectivity index (χ2n) is 8.11. The van der Waals surface area contributed by atoms with E-state index in [2.05, 4.69) is 46.0 Å². The highest BCUT2D eigenvalue weighted by Gasteiger charge is 2.16. The maximum absolute atomic E-state index is 12.7. The Hall–Kier alpha value is -2.63. The first-order valence-corrected chi connectivity index (χ1v) is 12.3. The summed E-state index contributed by atoms with van der Waals surface area (Å²) < 4.78 is 32.9. The quantitative estimate of drug-likeness (QED) is 0.116. The molecule has 0 aromatic heterocycles. The Morgan fingerprint density at radius 1 is 1.12 bits per heavy atom. The minimum absolute atomic E-state index is 0.00245. The number of rotatable bonds is 11. The van der Waals surface area contributed by atoms with E-state index in [4.69, 9.17) is 9.32 Å². The van der Waals surface area contributed by atoms with Crippen LogP contribution in [0.15, 0.2) is 69.2 Å². The van der Waals surface area contributed by atoms with Gasteiger partial charge >= 0.3 is 0 Å². The van der Waals surface area contributed by atoms with Crippen molar-refractivity contribution in [3.05, 3.63) is 65.5 Å². The number of aliphatic imine (C=N–C) groups is 1. The second-order valence-corrected chi connectivity index (χ2v) is 10.6. The fraction of sp³-hybridized carbons (Fsp3) is 0.304. The Morgan fingerprint density at radius 3 is 2.44 bits per heavy atom. The van der Waals surface area contributed by atoms with Gasteiger partial charge in [0, 0.05) is 14.1 Å². The number of sulfonamides is 1. The number of hydroxylamine groups is 2. The van der Waals surface area contributed by atoms with E-state index in [9.17, 15) is 8.42 Å². The van der Waals surface area contributed by atoms with Gasteiger partial charge in [0.15, 0.2) is 0 Å². The molecular weight excluding hydrogens is 478 g/mol. The molecule has 0 aliphatic rings. The molecule has 0 atom stereocenters. The van der Waals surface area contributed by atoms with Crippen LogP contribution < -0.4 is 4.72 Å². The summed E-state index contributed by atoms with van der Waals surface area (Å²) in [5.74, 6) is 0. The van der Waals surface area contributed by atoms with E-state index < -0.39 is 10.0 Å². The molecule has 0 bridgehead atoms. The molecule has 184 valence electrons. The van der Waals surface area contributed by atoms with E-state index in [0.29, 0.717) is 10.6 Å². The van der Waals surface area contributed by atoms with Crippen LogP contribution in [-0.2, 0) is 34.5 Å². The van der Waals surface area contributed by atoms with Gasteiger partial charge in [-0.15, -0.1) is 15.1 Å². The minimum atomic E-state index is -3.86. The monoisotopic (exact) mass is 507 g/mol. The van der Waals surface area contributed by atoms with E-state index in [1.807, 2.05) is 24.3 Å². The van der Waals surface area contributed by atoms with Crippen LogP contribution in [0.25, 0.3) is 6.08 Å². The van der Waals surface area contributed by atoms with Crippen molar-refractivity contribution < 1.29 is 27.5 Å². The van der Waals surface area contributed by atoms with Gasteiger partial charge in [0.05, 0.1) is 40.8 Å². The molecule has 0 aliphatic heterocycles. The first-order valence-electron chi connectivity index (χ1n) is 10.1. The van der Waals surface area contributed by atoms with Gasteiger partial charge in [0.1, 0.15) is 0 Å². The molecule has 0 saturated heterocycles. The minimum Gasteiger partial charge on any atom is -0.325 e. The molecule has 2 aromatic rings. The highest BCUT2D eigenvalue weighted by Crippen LogP contribution is 2.32. The Balaban J connectivity index is 2.17. The van der Waals surface area contributed by atoms with Gasteiger partial charge in [0.2, 0.25) is 6.40 Å². The summed E-state index contributed by atoms with van der Waals surface area (Å²) >= 11 is 0.794. The standard InChI is InChI=1S/C23H29N3O6S2/c1-23(2,3)19-11-9-18(10-12-19)8-7-15-25-34(27,28)20-13-14-21(24-17-30-29-6)22(16-20)33-32-31-26(4)5/h8-17,25H,1-6H3. The lowest BCUT2D eigenvalue weighted by molar-refractivity contribution is -0.340. The average molecular weight is 508 g/mol. The van der Waals surface area contributed by atoms with Crippen LogP contribution >= 0.6 is 12.0 Å². The molecule has 0 heterocycles.